The second-order valence-corrected chi connectivity index (χ2v) is 6.73. The quantitative estimate of drug-likeness (QED) is 0.628. The van der Waals surface area contributed by atoms with Crippen LogP contribution in [0, 0.1) is 0 Å². The summed E-state index contributed by atoms with van der Waals surface area (Å²) < 4.78 is 31.2. The molecule has 0 fully saturated rings. The molecule has 0 heterocycles. The first-order valence-corrected chi connectivity index (χ1v) is 7.50. The van der Waals surface area contributed by atoms with Crippen molar-refractivity contribution in [1.29, 1.82) is 0 Å². The number of hydrogen-bond donors (Lipinski definition) is 3. The third-order valence-electron chi connectivity index (χ3n) is 2.31. The van der Waals surface area contributed by atoms with E-state index in [0.29, 0.717) is 11.4 Å². The zero-order chi connectivity index (χ0) is 14.5. The maximum Gasteiger partial charge on any atom is 0.215 e. The Morgan fingerprint density at radius 3 is 2.68 bits per heavy atom. The zero-order valence-electron chi connectivity index (χ0n) is 11.1. The number of ether oxygens (including phenoxy) is 1. The number of nitrogens with two attached hydrogens (primary N) is 1. The van der Waals surface area contributed by atoms with E-state index in [1.54, 1.807) is 38.1 Å². The molecule has 7 heteroatoms. The van der Waals surface area contributed by atoms with E-state index in [1.165, 1.54) is 0 Å². The van der Waals surface area contributed by atoms with Gasteiger partial charge < -0.3 is 15.6 Å². The molecule has 0 spiro atoms. The predicted octanol–water partition coefficient (Wildman–Crippen LogP) is 0.338. The summed E-state index contributed by atoms with van der Waals surface area (Å²) in [7, 11) is -3.50. The van der Waals surface area contributed by atoms with E-state index in [1.807, 2.05) is 0 Å². The molecular weight excluding hydrogens is 268 g/mol. The lowest BCUT2D eigenvalue weighted by Crippen LogP contribution is -2.47. The van der Waals surface area contributed by atoms with Gasteiger partial charge in [-0.3, -0.25) is 0 Å². The molecule has 108 valence electrons. The van der Waals surface area contributed by atoms with Gasteiger partial charge in [-0.05, 0) is 26.0 Å². The summed E-state index contributed by atoms with van der Waals surface area (Å²) >= 11 is 0. The first kappa shape index (κ1) is 15.7. The molecule has 0 bridgehead atoms. The summed E-state index contributed by atoms with van der Waals surface area (Å²) in [4.78, 5) is 0. The van der Waals surface area contributed by atoms with Crippen LogP contribution in [0.15, 0.2) is 24.3 Å². The van der Waals surface area contributed by atoms with Gasteiger partial charge in [-0.1, -0.05) is 6.07 Å². The second kappa shape index (κ2) is 6.23. The number of nitrogens with one attached hydrogen (secondary N) is 1. The van der Waals surface area contributed by atoms with E-state index in [0.717, 1.165) is 0 Å². The lowest BCUT2D eigenvalue weighted by molar-refractivity contribution is 0.208. The van der Waals surface area contributed by atoms with E-state index in [-0.39, 0.29) is 19.0 Å². The van der Waals surface area contributed by atoms with Crippen LogP contribution in [-0.4, -0.2) is 38.0 Å². The molecule has 0 aromatic heterocycles. The van der Waals surface area contributed by atoms with Crippen molar-refractivity contribution >= 4 is 15.7 Å². The highest BCUT2D eigenvalue weighted by molar-refractivity contribution is 7.89. The van der Waals surface area contributed by atoms with Crippen molar-refractivity contribution in [2.45, 2.75) is 19.4 Å². The summed E-state index contributed by atoms with van der Waals surface area (Å²) in [6.45, 7) is 2.94. The van der Waals surface area contributed by atoms with Gasteiger partial charge in [0.05, 0.1) is 17.9 Å². The van der Waals surface area contributed by atoms with Crippen LogP contribution in [0.4, 0.5) is 5.69 Å². The second-order valence-electron chi connectivity index (χ2n) is 4.88. The van der Waals surface area contributed by atoms with Gasteiger partial charge in [-0.25, -0.2) is 13.1 Å². The molecular formula is C12H20N2O4S. The van der Waals surface area contributed by atoms with Crippen LogP contribution in [0.1, 0.15) is 13.8 Å². The highest BCUT2D eigenvalue weighted by atomic mass is 32.2. The number of aliphatic hydroxyl groups is 1. The Kier molecular flexibility index (Phi) is 5.16. The van der Waals surface area contributed by atoms with E-state index in [9.17, 15) is 8.42 Å². The Hall–Kier alpha value is -1.31. The van der Waals surface area contributed by atoms with Crippen molar-refractivity contribution in [2.75, 3.05) is 24.7 Å². The topological polar surface area (TPSA) is 102 Å². The standard InChI is InChI=1S/C12H20N2O4S/c1-12(2,9-15)14-19(16,17)7-6-18-11-5-3-4-10(13)8-11/h3-5,8,14-15H,6-7,9,13H2,1-2H3. The molecule has 0 amide bonds. The molecule has 19 heavy (non-hydrogen) atoms. The number of hydrogen-bond acceptors (Lipinski definition) is 5. The van der Waals surface area contributed by atoms with Crippen molar-refractivity contribution < 1.29 is 18.3 Å². The number of aliphatic hydroxyl groups excluding tert-OH is 1. The summed E-state index contributed by atoms with van der Waals surface area (Å²) in [6, 6.07) is 6.77. The summed E-state index contributed by atoms with van der Waals surface area (Å²) in [5.74, 6) is 0.335. The molecule has 0 atom stereocenters. The predicted molar refractivity (Wildman–Crippen MR) is 74.4 cm³/mol. The Morgan fingerprint density at radius 2 is 2.11 bits per heavy atom. The number of anilines is 1. The monoisotopic (exact) mass is 288 g/mol. The molecule has 6 nitrogen and oxygen atoms in total. The van der Waals surface area contributed by atoms with Crippen LogP contribution in [0.3, 0.4) is 0 Å². The van der Waals surface area contributed by atoms with Crippen LogP contribution in [0.5, 0.6) is 5.75 Å². The molecule has 1 aromatic rings. The minimum absolute atomic E-state index is 0.0142. The van der Waals surface area contributed by atoms with Crippen molar-refractivity contribution in [3.63, 3.8) is 0 Å². The van der Waals surface area contributed by atoms with Gasteiger partial charge in [0.15, 0.2) is 0 Å². The van der Waals surface area contributed by atoms with Crippen LogP contribution in [0.25, 0.3) is 0 Å². The molecule has 0 unspecified atom stereocenters. The Morgan fingerprint density at radius 1 is 1.42 bits per heavy atom. The molecule has 1 rings (SSSR count). The van der Waals surface area contributed by atoms with Crippen LogP contribution in [0.2, 0.25) is 0 Å². The molecule has 0 radical (unpaired) electrons. The van der Waals surface area contributed by atoms with Gasteiger partial charge in [0.25, 0.3) is 0 Å². The molecule has 1 aromatic carbocycles. The van der Waals surface area contributed by atoms with Crippen molar-refractivity contribution in [2.24, 2.45) is 0 Å². The fraction of sp³-hybridized carbons (Fsp3) is 0.500. The number of rotatable bonds is 7. The average Bonchev–Trinajstić information content (AvgIpc) is 2.27. The molecule has 0 saturated carbocycles. The Labute approximate surface area is 113 Å². The first-order chi connectivity index (χ1) is 8.74. The fourth-order valence-electron chi connectivity index (χ4n) is 1.38. The lowest BCUT2D eigenvalue weighted by atomic mass is 10.1. The zero-order valence-corrected chi connectivity index (χ0v) is 11.9. The van der Waals surface area contributed by atoms with Gasteiger partial charge in [0.2, 0.25) is 10.0 Å². The van der Waals surface area contributed by atoms with Gasteiger partial charge in [0.1, 0.15) is 12.4 Å². The molecule has 4 N–H and O–H groups in total. The van der Waals surface area contributed by atoms with E-state index >= 15 is 0 Å². The van der Waals surface area contributed by atoms with Gasteiger partial charge in [-0.2, -0.15) is 0 Å². The van der Waals surface area contributed by atoms with Crippen molar-refractivity contribution in [1.82, 2.24) is 4.72 Å². The third kappa shape index (κ3) is 5.91. The van der Waals surface area contributed by atoms with Crippen LogP contribution in [-0.2, 0) is 10.0 Å². The van der Waals surface area contributed by atoms with Crippen LogP contribution >= 0.6 is 0 Å². The largest absolute Gasteiger partial charge is 0.492 e. The fourth-order valence-corrected chi connectivity index (χ4v) is 2.69. The molecule has 0 aliphatic rings. The highest BCUT2D eigenvalue weighted by Gasteiger charge is 2.23. The number of sulfonamides is 1. The van der Waals surface area contributed by atoms with E-state index in [4.69, 9.17) is 15.6 Å². The van der Waals surface area contributed by atoms with Crippen molar-refractivity contribution in [3.8, 4) is 5.75 Å². The lowest BCUT2D eigenvalue weighted by Gasteiger charge is -2.23. The Bertz CT molecular complexity index is 514. The van der Waals surface area contributed by atoms with Gasteiger partial charge in [0, 0.05) is 11.8 Å². The number of nitrogen functional groups attached to an aromatic ring is 1. The Balaban J connectivity index is 2.48. The van der Waals surface area contributed by atoms with E-state index < -0.39 is 15.6 Å². The smallest absolute Gasteiger partial charge is 0.215 e. The minimum atomic E-state index is -3.50. The number of benzene rings is 1. The molecule has 0 aliphatic carbocycles. The third-order valence-corrected chi connectivity index (χ3v) is 3.87. The van der Waals surface area contributed by atoms with Gasteiger partial charge in [-0.15, -0.1) is 0 Å². The van der Waals surface area contributed by atoms with Crippen molar-refractivity contribution in [3.05, 3.63) is 24.3 Å². The molecule has 0 saturated heterocycles. The first-order valence-electron chi connectivity index (χ1n) is 5.85. The summed E-state index contributed by atoms with van der Waals surface area (Å²) in [5, 5.41) is 9.02. The van der Waals surface area contributed by atoms with Gasteiger partial charge >= 0.3 is 0 Å². The summed E-state index contributed by atoms with van der Waals surface area (Å²) in [6.07, 6.45) is 0. The normalized spacial score (nSPS) is 12.4. The maximum absolute atomic E-state index is 11.7. The maximum atomic E-state index is 11.7. The SMILES string of the molecule is CC(C)(CO)NS(=O)(=O)CCOc1cccc(N)c1. The van der Waals surface area contributed by atoms with Crippen LogP contribution < -0.4 is 15.2 Å². The highest BCUT2D eigenvalue weighted by Crippen LogP contribution is 2.14. The summed E-state index contributed by atoms with van der Waals surface area (Å²) in [5.41, 5.74) is 5.26. The van der Waals surface area contributed by atoms with E-state index in [2.05, 4.69) is 4.72 Å². The molecule has 0 aliphatic heterocycles. The average molecular weight is 288 g/mol. The minimum Gasteiger partial charge on any atom is -0.492 e.